The van der Waals surface area contributed by atoms with E-state index >= 15 is 0 Å². The molecule has 0 fully saturated rings. The van der Waals surface area contributed by atoms with E-state index < -0.39 is 5.60 Å². The summed E-state index contributed by atoms with van der Waals surface area (Å²) < 4.78 is 0.979. The van der Waals surface area contributed by atoms with E-state index in [1.54, 1.807) is 25.1 Å². The molecule has 0 bridgehead atoms. The number of hydrogen-bond acceptors (Lipinski definition) is 1. The summed E-state index contributed by atoms with van der Waals surface area (Å²) in [4.78, 5) is 0. The van der Waals surface area contributed by atoms with Crippen molar-refractivity contribution in [3.8, 4) is 0 Å². The first kappa shape index (κ1) is 14.9. The average Bonchev–Trinajstić information content (AvgIpc) is 2.34. The third-order valence-corrected chi connectivity index (χ3v) is 4.14. The van der Waals surface area contributed by atoms with Gasteiger partial charge in [-0.05, 0) is 48.4 Å². The maximum absolute atomic E-state index is 10.6. The molecule has 4 heteroatoms. The fourth-order valence-electron chi connectivity index (χ4n) is 1.96. The lowest BCUT2D eigenvalue weighted by atomic mass is 9.89. The molecule has 100 valence electrons. The van der Waals surface area contributed by atoms with Crippen molar-refractivity contribution < 1.29 is 5.11 Å². The first-order valence-electron chi connectivity index (χ1n) is 5.81. The van der Waals surface area contributed by atoms with Crippen LogP contribution in [0.1, 0.15) is 18.1 Å². The second-order valence-corrected chi connectivity index (χ2v) is 6.45. The Balaban J connectivity index is 2.30. The number of halogens is 3. The van der Waals surface area contributed by atoms with Crippen molar-refractivity contribution >= 4 is 39.1 Å². The SMILES string of the molecule is CC(O)(Cc1cc(Cl)ccc1Cl)c1ccc(Br)cc1. The zero-order valence-electron chi connectivity index (χ0n) is 10.3. The minimum Gasteiger partial charge on any atom is -0.385 e. The highest BCUT2D eigenvalue weighted by molar-refractivity contribution is 9.10. The quantitative estimate of drug-likeness (QED) is 0.797. The molecule has 1 N–H and O–H groups in total. The summed E-state index contributed by atoms with van der Waals surface area (Å²) in [5, 5.41) is 11.9. The highest BCUT2D eigenvalue weighted by atomic mass is 79.9. The van der Waals surface area contributed by atoms with Gasteiger partial charge in [0.05, 0.1) is 5.60 Å². The molecule has 2 aromatic rings. The van der Waals surface area contributed by atoms with Gasteiger partial charge in [0.2, 0.25) is 0 Å². The highest BCUT2D eigenvalue weighted by Gasteiger charge is 2.24. The van der Waals surface area contributed by atoms with Crippen molar-refractivity contribution in [3.05, 3.63) is 68.1 Å². The molecule has 0 spiro atoms. The minimum absolute atomic E-state index is 0.411. The van der Waals surface area contributed by atoms with Gasteiger partial charge in [-0.1, -0.05) is 51.3 Å². The molecule has 0 aromatic heterocycles. The summed E-state index contributed by atoms with van der Waals surface area (Å²) in [5.74, 6) is 0. The van der Waals surface area contributed by atoms with E-state index in [1.165, 1.54) is 0 Å². The van der Waals surface area contributed by atoms with Crippen LogP contribution in [0, 0.1) is 0 Å². The van der Waals surface area contributed by atoms with E-state index in [2.05, 4.69) is 15.9 Å². The molecule has 0 saturated carbocycles. The van der Waals surface area contributed by atoms with Gasteiger partial charge in [0.1, 0.15) is 0 Å². The summed E-state index contributed by atoms with van der Waals surface area (Å²) in [5.41, 5.74) is 0.684. The van der Waals surface area contributed by atoms with Crippen molar-refractivity contribution in [1.82, 2.24) is 0 Å². The van der Waals surface area contributed by atoms with Crippen LogP contribution in [0.25, 0.3) is 0 Å². The monoisotopic (exact) mass is 358 g/mol. The molecular formula is C15H13BrCl2O. The van der Waals surface area contributed by atoms with E-state index in [1.807, 2.05) is 24.3 Å². The molecule has 1 unspecified atom stereocenters. The van der Waals surface area contributed by atoms with Crippen molar-refractivity contribution in [1.29, 1.82) is 0 Å². The van der Waals surface area contributed by atoms with Crippen LogP contribution < -0.4 is 0 Å². The van der Waals surface area contributed by atoms with Crippen LogP contribution in [0.5, 0.6) is 0 Å². The zero-order valence-corrected chi connectivity index (χ0v) is 13.4. The normalized spacial score (nSPS) is 14.2. The smallest absolute Gasteiger partial charge is 0.0909 e. The fourth-order valence-corrected chi connectivity index (χ4v) is 2.60. The Labute approximate surface area is 131 Å². The highest BCUT2D eigenvalue weighted by Crippen LogP contribution is 2.30. The second kappa shape index (κ2) is 5.84. The summed E-state index contributed by atoms with van der Waals surface area (Å²) in [6.45, 7) is 1.77. The predicted octanol–water partition coefficient (Wildman–Crippen LogP) is 5.21. The van der Waals surface area contributed by atoms with E-state index in [0.717, 1.165) is 15.6 Å². The lowest BCUT2D eigenvalue weighted by Gasteiger charge is -2.24. The standard InChI is InChI=1S/C15H13BrCl2O/c1-15(19,11-2-4-12(16)5-3-11)9-10-8-13(17)6-7-14(10)18/h2-8,19H,9H2,1H3. The zero-order chi connectivity index (χ0) is 14.0. The lowest BCUT2D eigenvalue weighted by Crippen LogP contribution is -2.24. The van der Waals surface area contributed by atoms with Crippen LogP contribution in [-0.4, -0.2) is 5.11 Å². The molecule has 0 saturated heterocycles. The Hall–Kier alpha value is -0.540. The van der Waals surface area contributed by atoms with Crippen molar-refractivity contribution in [3.63, 3.8) is 0 Å². The van der Waals surface area contributed by atoms with Gasteiger partial charge < -0.3 is 5.11 Å². The number of aliphatic hydroxyl groups is 1. The van der Waals surface area contributed by atoms with Gasteiger partial charge in [0.25, 0.3) is 0 Å². The number of hydrogen-bond donors (Lipinski definition) is 1. The molecule has 0 aliphatic carbocycles. The first-order chi connectivity index (χ1) is 8.88. The number of benzene rings is 2. The Kier molecular flexibility index (Phi) is 4.57. The molecule has 2 aromatic carbocycles. The molecule has 1 nitrogen and oxygen atoms in total. The molecule has 0 heterocycles. The maximum Gasteiger partial charge on any atom is 0.0909 e. The lowest BCUT2D eigenvalue weighted by molar-refractivity contribution is 0.0576. The van der Waals surface area contributed by atoms with Crippen LogP contribution in [0.4, 0.5) is 0 Å². The Morgan fingerprint density at radius 1 is 1.11 bits per heavy atom. The molecule has 2 rings (SSSR count). The second-order valence-electron chi connectivity index (χ2n) is 4.69. The van der Waals surface area contributed by atoms with Crippen LogP contribution in [0.15, 0.2) is 46.9 Å². The van der Waals surface area contributed by atoms with Crippen molar-refractivity contribution in [2.75, 3.05) is 0 Å². The number of rotatable bonds is 3. The molecular weight excluding hydrogens is 347 g/mol. The Morgan fingerprint density at radius 2 is 1.74 bits per heavy atom. The van der Waals surface area contributed by atoms with Gasteiger partial charge in [-0.15, -0.1) is 0 Å². The van der Waals surface area contributed by atoms with Crippen LogP contribution in [0.3, 0.4) is 0 Å². The molecule has 0 amide bonds. The van der Waals surface area contributed by atoms with Gasteiger partial charge in [-0.25, -0.2) is 0 Å². The van der Waals surface area contributed by atoms with Crippen LogP contribution >= 0.6 is 39.1 Å². The average molecular weight is 360 g/mol. The molecule has 0 radical (unpaired) electrons. The fraction of sp³-hybridized carbons (Fsp3) is 0.200. The third-order valence-electron chi connectivity index (χ3n) is 3.01. The van der Waals surface area contributed by atoms with E-state index in [9.17, 15) is 5.11 Å². The molecule has 1 atom stereocenters. The van der Waals surface area contributed by atoms with Gasteiger partial charge in [-0.2, -0.15) is 0 Å². The van der Waals surface area contributed by atoms with Crippen molar-refractivity contribution in [2.45, 2.75) is 18.9 Å². The predicted molar refractivity (Wildman–Crippen MR) is 83.9 cm³/mol. The first-order valence-corrected chi connectivity index (χ1v) is 7.36. The van der Waals surface area contributed by atoms with Gasteiger partial charge in [0.15, 0.2) is 0 Å². The van der Waals surface area contributed by atoms with Gasteiger partial charge >= 0.3 is 0 Å². The topological polar surface area (TPSA) is 20.2 Å². The Bertz CT molecular complexity index is 579. The third kappa shape index (κ3) is 3.73. The summed E-state index contributed by atoms with van der Waals surface area (Å²) in [7, 11) is 0. The minimum atomic E-state index is -0.991. The van der Waals surface area contributed by atoms with Crippen molar-refractivity contribution in [2.24, 2.45) is 0 Å². The summed E-state index contributed by atoms with van der Waals surface area (Å²) in [6, 6.07) is 12.9. The van der Waals surface area contributed by atoms with E-state index in [0.29, 0.717) is 16.5 Å². The largest absolute Gasteiger partial charge is 0.385 e. The maximum atomic E-state index is 10.6. The van der Waals surface area contributed by atoms with E-state index in [4.69, 9.17) is 23.2 Å². The summed E-state index contributed by atoms with van der Waals surface area (Å²) in [6.07, 6.45) is 0.411. The Morgan fingerprint density at radius 3 is 2.37 bits per heavy atom. The molecule has 0 aliphatic heterocycles. The molecule has 0 aliphatic rings. The van der Waals surface area contributed by atoms with Crippen LogP contribution in [0.2, 0.25) is 10.0 Å². The van der Waals surface area contributed by atoms with Crippen LogP contribution in [-0.2, 0) is 12.0 Å². The van der Waals surface area contributed by atoms with Gasteiger partial charge in [0, 0.05) is 20.9 Å². The molecule has 19 heavy (non-hydrogen) atoms. The summed E-state index contributed by atoms with van der Waals surface area (Å²) >= 11 is 15.5. The van der Waals surface area contributed by atoms with Gasteiger partial charge in [-0.3, -0.25) is 0 Å². The van der Waals surface area contributed by atoms with E-state index in [-0.39, 0.29) is 0 Å².